The molecule has 1 heterocycles. The largest absolute Gasteiger partial charge is 0.478 e. The molecule has 0 saturated carbocycles. The molecule has 0 spiro atoms. The van der Waals surface area contributed by atoms with Gasteiger partial charge in [-0.15, -0.1) is 0 Å². The second kappa shape index (κ2) is 8.01. The standard InChI is InChI=1S/C23H17FN2O5S/c1-13-5-3-4-6-16(13)17-9-8-15(12-20(17)32(2,29)30)22-25-21(26-31-22)14-7-10-18(23(27)28)19(24)11-14/h3-12H,1-2H3,(H,27,28). The molecule has 1 aromatic heterocycles. The minimum Gasteiger partial charge on any atom is -0.478 e. The Morgan fingerprint density at radius 1 is 1.00 bits per heavy atom. The number of hydrogen-bond acceptors (Lipinski definition) is 6. The molecule has 0 fully saturated rings. The molecule has 0 radical (unpaired) electrons. The summed E-state index contributed by atoms with van der Waals surface area (Å²) in [5, 5.41) is 12.8. The molecule has 1 N–H and O–H groups in total. The topological polar surface area (TPSA) is 110 Å². The van der Waals surface area contributed by atoms with E-state index < -0.39 is 27.2 Å². The molecule has 0 amide bonds. The quantitative estimate of drug-likeness (QED) is 0.470. The fourth-order valence-electron chi connectivity index (χ4n) is 3.35. The summed E-state index contributed by atoms with van der Waals surface area (Å²) in [6, 6.07) is 15.7. The van der Waals surface area contributed by atoms with Crippen molar-refractivity contribution in [3.8, 4) is 34.0 Å². The van der Waals surface area contributed by atoms with Crippen molar-refractivity contribution in [2.24, 2.45) is 0 Å². The Morgan fingerprint density at radius 2 is 1.72 bits per heavy atom. The number of aryl methyl sites for hydroxylation is 1. The van der Waals surface area contributed by atoms with Gasteiger partial charge in [0.15, 0.2) is 9.84 Å². The first kappa shape index (κ1) is 21.4. The number of halogens is 1. The highest BCUT2D eigenvalue weighted by Crippen LogP contribution is 2.33. The van der Waals surface area contributed by atoms with E-state index >= 15 is 0 Å². The molecule has 162 valence electrons. The molecule has 0 aliphatic rings. The average Bonchev–Trinajstić information content (AvgIpc) is 3.23. The summed E-state index contributed by atoms with van der Waals surface area (Å²) in [6.07, 6.45) is 1.12. The molecular formula is C23H17FN2O5S. The zero-order valence-electron chi connectivity index (χ0n) is 17.0. The maximum absolute atomic E-state index is 14.0. The normalized spacial score (nSPS) is 11.5. The third kappa shape index (κ3) is 4.02. The number of aromatic nitrogens is 2. The van der Waals surface area contributed by atoms with Crippen molar-refractivity contribution in [1.82, 2.24) is 10.1 Å². The summed E-state index contributed by atoms with van der Waals surface area (Å²) in [4.78, 5) is 15.3. The van der Waals surface area contributed by atoms with Crippen LogP contribution in [-0.4, -0.2) is 35.9 Å². The highest BCUT2D eigenvalue weighted by Gasteiger charge is 2.20. The van der Waals surface area contributed by atoms with Crippen molar-refractivity contribution in [3.63, 3.8) is 0 Å². The third-order valence-electron chi connectivity index (χ3n) is 4.95. The number of sulfone groups is 1. The van der Waals surface area contributed by atoms with Crippen molar-refractivity contribution in [2.75, 3.05) is 6.26 Å². The summed E-state index contributed by atoms with van der Waals surface area (Å²) >= 11 is 0. The van der Waals surface area contributed by atoms with E-state index in [1.54, 1.807) is 12.1 Å². The Labute approximate surface area is 183 Å². The van der Waals surface area contributed by atoms with Crippen LogP contribution in [-0.2, 0) is 9.84 Å². The minimum absolute atomic E-state index is 0.0414. The van der Waals surface area contributed by atoms with Gasteiger partial charge in [0.25, 0.3) is 5.89 Å². The number of carboxylic acids is 1. The Morgan fingerprint density at radius 3 is 2.38 bits per heavy atom. The smallest absolute Gasteiger partial charge is 0.338 e. The number of aromatic carboxylic acids is 1. The van der Waals surface area contributed by atoms with E-state index in [9.17, 15) is 17.6 Å². The van der Waals surface area contributed by atoms with Gasteiger partial charge in [0.2, 0.25) is 5.82 Å². The van der Waals surface area contributed by atoms with Crippen molar-refractivity contribution in [3.05, 3.63) is 77.6 Å². The van der Waals surface area contributed by atoms with Crippen molar-refractivity contribution in [2.45, 2.75) is 11.8 Å². The Hall–Kier alpha value is -3.85. The van der Waals surface area contributed by atoms with Gasteiger partial charge >= 0.3 is 5.97 Å². The van der Waals surface area contributed by atoms with Gasteiger partial charge in [-0.3, -0.25) is 0 Å². The van der Waals surface area contributed by atoms with Crippen LogP contribution in [0.15, 0.2) is 70.1 Å². The fraction of sp³-hybridized carbons (Fsp3) is 0.0870. The van der Waals surface area contributed by atoms with Crippen LogP contribution in [0.2, 0.25) is 0 Å². The first-order valence-corrected chi connectivity index (χ1v) is 11.3. The molecule has 9 heteroatoms. The summed E-state index contributed by atoms with van der Waals surface area (Å²) in [7, 11) is -3.59. The summed E-state index contributed by atoms with van der Waals surface area (Å²) < 4.78 is 44.3. The lowest BCUT2D eigenvalue weighted by Crippen LogP contribution is -2.01. The lowest BCUT2D eigenvalue weighted by atomic mass is 9.99. The second-order valence-electron chi connectivity index (χ2n) is 7.22. The molecule has 0 aliphatic heterocycles. The van der Waals surface area contributed by atoms with Crippen LogP contribution in [0.4, 0.5) is 4.39 Å². The van der Waals surface area contributed by atoms with Crippen molar-refractivity contribution in [1.29, 1.82) is 0 Å². The minimum atomic E-state index is -3.59. The van der Waals surface area contributed by atoms with E-state index in [1.807, 2.05) is 31.2 Å². The van der Waals surface area contributed by atoms with Gasteiger partial charge in [-0.05, 0) is 48.4 Å². The van der Waals surface area contributed by atoms with Gasteiger partial charge in [-0.25, -0.2) is 17.6 Å². The second-order valence-corrected chi connectivity index (χ2v) is 9.21. The highest BCUT2D eigenvalue weighted by atomic mass is 32.2. The molecule has 3 aromatic carbocycles. The van der Waals surface area contributed by atoms with Gasteiger partial charge in [-0.1, -0.05) is 35.5 Å². The SMILES string of the molecule is Cc1ccccc1-c1ccc(-c2nc(-c3ccc(C(=O)O)c(F)c3)no2)cc1S(C)(=O)=O. The Bertz CT molecular complexity index is 1460. The van der Waals surface area contributed by atoms with Crippen molar-refractivity contribution >= 4 is 15.8 Å². The number of carboxylic acid groups (broad SMARTS) is 1. The van der Waals surface area contributed by atoms with Crippen LogP contribution in [0.1, 0.15) is 15.9 Å². The zero-order chi connectivity index (χ0) is 23.0. The number of hydrogen-bond donors (Lipinski definition) is 1. The van der Waals surface area contributed by atoms with Crippen LogP contribution >= 0.6 is 0 Å². The predicted molar refractivity (Wildman–Crippen MR) is 115 cm³/mol. The summed E-state index contributed by atoms with van der Waals surface area (Å²) in [5.41, 5.74) is 2.41. The van der Waals surface area contributed by atoms with E-state index in [1.165, 1.54) is 12.1 Å². The average molecular weight is 452 g/mol. The molecule has 4 rings (SSSR count). The number of nitrogens with zero attached hydrogens (tertiary/aromatic N) is 2. The van der Waals surface area contributed by atoms with E-state index in [0.29, 0.717) is 11.1 Å². The molecule has 0 bridgehead atoms. The molecule has 0 unspecified atom stereocenters. The lowest BCUT2D eigenvalue weighted by molar-refractivity contribution is 0.0692. The van der Waals surface area contributed by atoms with Gasteiger partial charge in [-0.2, -0.15) is 4.98 Å². The third-order valence-corrected chi connectivity index (χ3v) is 6.08. The van der Waals surface area contributed by atoms with Crippen LogP contribution in [0.25, 0.3) is 34.0 Å². The van der Waals surface area contributed by atoms with Crippen LogP contribution < -0.4 is 0 Å². The van der Waals surface area contributed by atoms with E-state index in [0.717, 1.165) is 29.5 Å². The van der Waals surface area contributed by atoms with Crippen LogP contribution in [0.5, 0.6) is 0 Å². The van der Waals surface area contributed by atoms with E-state index in [2.05, 4.69) is 10.1 Å². The maximum atomic E-state index is 14.0. The number of rotatable bonds is 5. The molecule has 0 saturated heterocycles. The number of benzene rings is 3. The monoisotopic (exact) mass is 452 g/mol. The number of carbonyl (C=O) groups is 1. The fourth-order valence-corrected chi connectivity index (χ4v) is 4.26. The lowest BCUT2D eigenvalue weighted by Gasteiger charge is -2.11. The Kier molecular flexibility index (Phi) is 5.35. The summed E-state index contributed by atoms with van der Waals surface area (Å²) in [6.45, 7) is 1.90. The highest BCUT2D eigenvalue weighted by molar-refractivity contribution is 7.90. The Balaban J connectivity index is 1.78. The van der Waals surface area contributed by atoms with Gasteiger partial charge < -0.3 is 9.63 Å². The first-order chi connectivity index (χ1) is 15.1. The van der Waals surface area contributed by atoms with Crippen molar-refractivity contribution < 1.29 is 27.2 Å². The molecule has 0 atom stereocenters. The molecule has 4 aromatic rings. The molecule has 32 heavy (non-hydrogen) atoms. The summed E-state index contributed by atoms with van der Waals surface area (Å²) in [5.74, 6) is -2.23. The zero-order valence-corrected chi connectivity index (χ0v) is 17.9. The molecule has 7 nitrogen and oxygen atoms in total. The van der Waals surface area contributed by atoms with Gasteiger partial charge in [0.05, 0.1) is 10.5 Å². The molecular weight excluding hydrogens is 435 g/mol. The van der Waals surface area contributed by atoms with E-state index in [4.69, 9.17) is 9.63 Å². The van der Waals surface area contributed by atoms with E-state index in [-0.39, 0.29) is 22.2 Å². The first-order valence-electron chi connectivity index (χ1n) is 9.42. The molecule has 0 aliphatic carbocycles. The maximum Gasteiger partial charge on any atom is 0.338 e. The van der Waals surface area contributed by atoms with Gasteiger partial charge in [0.1, 0.15) is 5.82 Å². The van der Waals surface area contributed by atoms with Crippen LogP contribution in [0.3, 0.4) is 0 Å². The predicted octanol–water partition coefficient (Wildman–Crippen LogP) is 4.62. The van der Waals surface area contributed by atoms with Gasteiger partial charge in [0, 0.05) is 22.9 Å². The van der Waals surface area contributed by atoms with Crippen LogP contribution in [0, 0.1) is 12.7 Å².